The van der Waals surface area contributed by atoms with Gasteiger partial charge in [-0.25, -0.2) is 0 Å². The fourth-order valence-electron chi connectivity index (χ4n) is 1.83. The Hall–Kier alpha value is -1.40. The first-order valence-electron chi connectivity index (χ1n) is 5.76. The molecule has 6 heteroatoms. The second kappa shape index (κ2) is 7.25. The van der Waals surface area contributed by atoms with Crippen LogP contribution in [-0.2, 0) is 16.1 Å². The molecule has 0 spiro atoms. The van der Waals surface area contributed by atoms with Gasteiger partial charge in [-0.2, -0.15) is 0 Å². The van der Waals surface area contributed by atoms with Crippen molar-refractivity contribution < 1.29 is 19.8 Å². The largest absolute Gasteiger partial charge is 0.481 e. The van der Waals surface area contributed by atoms with Crippen molar-refractivity contribution in [2.24, 2.45) is 5.92 Å². The van der Waals surface area contributed by atoms with E-state index in [0.29, 0.717) is 6.54 Å². The minimum Gasteiger partial charge on any atom is -0.481 e. The lowest BCUT2D eigenvalue weighted by molar-refractivity contribution is -0.148. The molecule has 0 aliphatic heterocycles. The average molecular weight is 330 g/mol. The third-order valence-electron chi connectivity index (χ3n) is 2.64. The van der Waals surface area contributed by atoms with Crippen molar-refractivity contribution in [3.8, 4) is 0 Å². The van der Waals surface area contributed by atoms with Crippen molar-refractivity contribution in [3.05, 3.63) is 34.3 Å². The lowest BCUT2D eigenvalue weighted by atomic mass is 10.1. The van der Waals surface area contributed by atoms with Gasteiger partial charge in [0.15, 0.2) is 0 Å². The van der Waals surface area contributed by atoms with Crippen LogP contribution >= 0.6 is 15.9 Å². The average Bonchev–Trinajstić information content (AvgIpc) is 2.27. The van der Waals surface area contributed by atoms with Gasteiger partial charge >= 0.3 is 11.9 Å². The van der Waals surface area contributed by atoms with Crippen molar-refractivity contribution in [2.75, 3.05) is 13.6 Å². The van der Waals surface area contributed by atoms with Gasteiger partial charge in [0, 0.05) is 17.6 Å². The molecule has 1 unspecified atom stereocenters. The molecule has 2 N–H and O–H groups in total. The molecule has 1 aromatic rings. The predicted molar refractivity (Wildman–Crippen MR) is 73.9 cm³/mol. The molecular weight excluding hydrogens is 314 g/mol. The molecule has 104 valence electrons. The fraction of sp³-hybridized carbons (Fsp3) is 0.385. The van der Waals surface area contributed by atoms with E-state index in [1.165, 1.54) is 0 Å². The molecule has 0 bridgehead atoms. The second-order valence-electron chi connectivity index (χ2n) is 4.46. The lowest BCUT2D eigenvalue weighted by Crippen LogP contribution is -2.31. The van der Waals surface area contributed by atoms with E-state index in [2.05, 4.69) is 15.9 Å². The number of hydrogen-bond donors (Lipinski definition) is 2. The SMILES string of the molecule is CN(Cc1cccc(Br)c1)CC(CC(=O)O)C(=O)O. The zero-order valence-electron chi connectivity index (χ0n) is 10.5. The second-order valence-corrected chi connectivity index (χ2v) is 5.38. The quantitative estimate of drug-likeness (QED) is 0.800. The van der Waals surface area contributed by atoms with Crippen molar-refractivity contribution in [3.63, 3.8) is 0 Å². The minimum absolute atomic E-state index is 0.203. The van der Waals surface area contributed by atoms with E-state index in [1.54, 1.807) is 7.05 Å². The number of benzene rings is 1. The Morgan fingerprint density at radius 1 is 1.37 bits per heavy atom. The highest BCUT2D eigenvalue weighted by atomic mass is 79.9. The molecule has 0 saturated heterocycles. The molecular formula is C13H16BrNO4. The van der Waals surface area contributed by atoms with Crippen LogP contribution < -0.4 is 0 Å². The summed E-state index contributed by atoms with van der Waals surface area (Å²) >= 11 is 3.37. The van der Waals surface area contributed by atoms with Gasteiger partial charge in [-0.1, -0.05) is 28.1 Å². The zero-order chi connectivity index (χ0) is 14.4. The number of aliphatic carboxylic acids is 2. The number of nitrogens with zero attached hydrogens (tertiary/aromatic N) is 1. The van der Waals surface area contributed by atoms with E-state index in [0.717, 1.165) is 10.0 Å². The number of carboxylic acids is 2. The number of halogens is 1. The van der Waals surface area contributed by atoms with E-state index in [-0.39, 0.29) is 13.0 Å². The number of hydrogen-bond acceptors (Lipinski definition) is 3. The molecule has 0 aliphatic carbocycles. The summed E-state index contributed by atoms with van der Waals surface area (Å²) < 4.78 is 0.957. The Morgan fingerprint density at radius 3 is 2.58 bits per heavy atom. The van der Waals surface area contributed by atoms with Gasteiger partial charge < -0.3 is 15.1 Å². The number of carbonyl (C=O) groups is 2. The predicted octanol–water partition coefficient (Wildman–Crippen LogP) is 2.06. The van der Waals surface area contributed by atoms with Crippen molar-refractivity contribution in [1.82, 2.24) is 4.90 Å². The summed E-state index contributed by atoms with van der Waals surface area (Å²) in [5, 5.41) is 17.7. The Balaban J connectivity index is 2.59. The van der Waals surface area contributed by atoms with E-state index in [4.69, 9.17) is 10.2 Å². The third-order valence-corrected chi connectivity index (χ3v) is 3.14. The summed E-state index contributed by atoms with van der Waals surface area (Å²) in [4.78, 5) is 23.4. The number of carboxylic acid groups (broad SMARTS) is 2. The van der Waals surface area contributed by atoms with Crippen LogP contribution in [0.15, 0.2) is 28.7 Å². The third kappa shape index (κ3) is 5.85. The smallest absolute Gasteiger partial charge is 0.308 e. The van der Waals surface area contributed by atoms with E-state index in [1.807, 2.05) is 29.2 Å². The molecule has 0 heterocycles. The van der Waals surface area contributed by atoms with E-state index >= 15 is 0 Å². The van der Waals surface area contributed by atoms with Gasteiger partial charge in [0.2, 0.25) is 0 Å². The Kier molecular flexibility index (Phi) is 5.98. The maximum Gasteiger partial charge on any atom is 0.308 e. The molecule has 0 saturated carbocycles. The van der Waals surface area contributed by atoms with E-state index in [9.17, 15) is 9.59 Å². The van der Waals surface area contributed by atoms with Gasteiger partial charge in [-0.15, -0.1) is 0 Å². The van der Waals surface area contributed by atoms with Crippen LogP contribution in [0, 0.1) is 5.92 Å². The normalized spacial score (nSPS) is 12.4. The van der Waals surface area contributed by atoms with Crippen molar-refractivity contribution in [2.45, 2.75) is 13.0 Å². The first-order valence-corrected chi connectivity index (χ1v) is 6.55. The highest BCUT2D eigenvalue weighted by Crippen LogP contribution is 2.14. The molecule has 1 atom stereocenters. The molecule has 1 aromatic carbocycles. The Bertz CT molecular complexity index is 464. The summed E-state index contributed by atoms with van der Waals surface area (Å²) in [7, 11) is 1.78. The molecule has 0 aromatic heterocycles. The van der Waals surface area contributed by atoms with Crippen molar-refractivity contribution in [1.29, 1.82) is 0 Å². The van der Waals surface area contributed by atoms with Gasteiger partial charge in [0.1, 0.15) is 0 Å². The fourth-order valence-corrected chi connectivity index (χ4v) is 2.28. The molecule has 0 aliphatic rings. The summed E-state index contributed by atoms with van der Waals surface area (Å²) in [5.74, 6) is -3.07. The highest BCUT2D eigenvalue weighted by Gasteiger charge is 2.22. The maximum atomic E-state index is 11.0. The van der Waals surface area contributed by atoms with E-state index < -0.39 is 17.9 Å². The Morgan fingerprint density at radius 2 is 2.05 bits per heavy atom. The topological polar surface area (TPSA) is 77.8 Å². The first-order chi connectivity index (χ1) is 8.88. The molecule has 19 heavy (non-hydrogen) atoms. The van der Waals surface area contributed by atoms with Gasteiger partial charge in [0.05, 0.1) is 12.3 Å². The van der Waals surface area contributed by atoms with Crippen LogP contribution in [0.4, 0.5) is 0 Å². The first kappa shape index (κ1) is 15.7. The lowest BCUT2D eigenvalue weighted by Gasteiger charge is -2.20. The molecule has 0 radical (unpaired) electrons. The van der Waals surface area contributed by atoms with Gasteiger partial charge in [-0.05, 0) is 24.7 Å². The van der Waals surface area contributed by atoms with Crippen LogP contribution in [0.1, 0.15) is 12.0 Å². The highest BCUT2D eigenvalue weighted by molar-refractivity contribution is 9.10. The van der Waals surface area contributed by atoms with Crippen LogP contribution in [0.5, 0.6) is 0 Å². The molecule has 5 nitrogen and oxygen atoms in total. The summed E-state index contributed by atoms with van der Waals surface area (Å²) in [6, 6.07) is 7.70. The van der Waals surface area contributed by atoms with Crippen LogP contribution in [0.3, 0.4) is 0 Å². The molecule has 0 amide bonds. The summed E-state index contributed by atoms with van der Waals surface area (Å²) in [6.45, 7) is 0.775. The van der Waals surface area contributed by atoms with Gasteiger partial charge in [0.25, 0.3) is 0 Å². The standard InChI is InChI=1S/C13H16BrNO4/c1-15(7-9-3-2-4-11(14)5-9)8-10(13(18)19)6-12(16)17/h2-5,10H,6-8H2,1H3,(H,16,17)(H,18,19). The number of rotatable bonds is 7. The maximum absolute atomic E-state index is 11.0. The minimum atomic E-state index is -1.09. The summed E-state index contributed by atoms with van der Waals surface area (Å²) in [6.07, 6.45) is -0.363. The van der Waals surface area contributed by atoms with Crippen LogP contribution in [-0.4, -0.2) is 40.6 Å². The van der Waals surface area contributed by atoms with Crippen molar-refractivity contribution >= 4 is 27.9 Å². The zero-order valence-corrected chi connectivity index (χ0v) is 12.1. The van der Waals surface area contributed by atoms with Crippen LogP contribution in [0.2, 0.25) is 0 Å². The molecule has 1 rings (SSSR count). The van der Waals surface area contributed by atoms with Gasteiger partial charge in [-0.3, -0.25) is 9.59 Å². The summed E-state index contributed by atoms with van der Waals surface area (Å²) in [5.41, 5.74) is 1.04. The monoisotopic (exact) mass is 329 g/mol. The van der Waals surface area contributed by atoms with Crippen LogP contribution in [0.25, 0.3) is 0 Å². The Labute approximate surface area is 120 Å². The molecule has 0 fully saturated rings.